The number of aromatic hydroxyl groups is 2. The van der Waals surface area contributed by atoms with E-state index in [2.05, 4.69) is 0 Å². The maximum absolute atomic E-state index is 11.7. The van der Waals surface area contributed by atoms with Gasteiger partial charge in [0.15, 0.2) is 0 Å². The van der Waals surface area contributed by atoms with E-state index in [4.69, 9.17) is 4.84 Å². The smallest absolute Gasteiger partial charge is 0.335 e. The van der Waals surface area contributed by atoms with Crippen LogP contribution in [0.5, 0.6) is 11.8 Å². The van der Waals surface area contributed by atoms with Crippen LogP contribution in [0.15, 0.2) is 24.3 Å². The highest BCUT2D eigenvalue weighted by Crippen LogP contribution is 2.19. The Balaban J connectivity index is 1.98. The van der Waals surface area contributed by atoms with Crippen molar-refractivity contribution in [2.75, 3.05) is 0 Å². The van der Waals surface area contributed by atoms with Crippen LogP contribution in [-0.2, 0) is 14.4 Å². The minimum absolute atomic E-state index is 0.268. The van der Waals surface area contributed by atoms with E-state index in [1.165, 1.54) is 6.92 Å². The molecule has 1 aromatic heterocycles. The summed E-state index contributed by atoms with van der Waals surface area (Å²) in [5, 5.41) is 18.6. The molecular weight excluding hydrogens is 268 g/mol. The zero-order chi connectivity index (χ0) is 14.9. The summed E-state index contributed by atoms with van der Waals surface area (Å²) in [6.07, 6.45) is 1.97. The van der Waals surface area contributed by atoms with Gasteiger partial charge in [-0.05, 0) is 6.92 Å². The first kappa shape index (κ1) is 13.7. The second-order valence-corrected chi connectivity index (χ2v) is 4.24. The van der Waals surface area contributed by atoms with Gasteiger partial charge in [0.2, 0.25) is 11.8 Å². The maximum atomic E-state index is 11.7. The average Bonchev–Trinajstić information content (AvgIpc) is 2.86. The number of aromatic nitrogens is 1. The van der Waals surface area contributed by atoms with Crippen molar-refractivity contribution in [2.45, 2.75) is 19.4 Å². The fourth-order valence-electron chi connectivity index (χ4n) is 1.81. The van der Waals surface area contributed by atoms with E-state index < -0.39 is 35.6 Å². The summed E-state index contributed by atoms with van der Waals surface area (Å²) < 4.78 is 0.543. The fourth-order valence-corrected chi connectivity index (χ4v) is 1.81. The fraction of sp³-hybridized carbons (Fsp3) is 0.250. The summed E-state index contributed by atoms with van der Waals surface area (Å²) in [5.41, 5.74) is 0. The van der Waals surface area contributed by atoms with Crippen molar-refractivity contribution in [1.82, 2.24) is 9.63 Å². The van der Waals surface area contributed by atoms with Gasteiger partial charge in [-0.1, -0.05) is 0 Å². The Labute approximate surface area is 113 Å². The van der Waals surface area contributed by atoms with Crippen molar-refractivity contribution >= 4 is 17.8 Å². The van der Waals surface area contributed by atoms with Crippen LogP contribution in [0.25, 0.3) is 0 Å². The van der Waals surface area contributed by atoms with Crippen LogP contribution in [0.1, 0.15) is 13.3 Å². The lowest BCUT2D eigenvalue weighted by atomic mass is 10.2. The van der Waals surface area contributed by atoms with E-state index in [1.54, 1.807) is 0 Å². The predicted octanol–water partition coefficient (Wildman–Crippen LogP) is -0.442. The van der Waals surface area contributed by atoms with Gasteiger partial charge in [0.1, 0.15) is 0 Å². The lowest BCUT2D eigenvalue weighted by molar-refractivity contribution is -0.148. The van der Waals surface area contributed by atoms with Gasteiger partial charge in [-0.3, -0.25) is 14.5 Å². The summed E-state index contributed by atoms with van der Waals surface area (Å²) >= 11 is 0. The molecule has 1 aliphatic rings. The van der Waals surface area contributed by atoms with E-state index in [0.717, 1.165) is 29.2 Å². The van der Waals surface area contributed by atoms with Crippen molar-refractivity contribution in [3.8, 4) is 11.8 Å². The maximum Gasteiger partial charge on any atom is 0.335 e. The standard InChI is InChI=1S/C12H12N2O6/c1-7(13-8(15)2-3-9(13)16)6-12(19)20-14-10(17)4-5-11(14)18/h2-5,7,17-18H,6H2,1H3. The number of imide groups is 1. The molecule has 8 nitrogen and oxygen atoms in total. The van der Waals surface area contributed by atoms with E-state index in [-0.39, 0.29) is 6.42 Å². The molecular formula is C12H12N2O6. The molecule has 2 N–H and O–H groups in total. The zero-order valence-corrected chi connectivity index (χ0v) is 10.5. The van der Waals surface area contributed by atoms with Gasteiger partial charge >= 0.3 is 5.97 Å². The van der Waals surface area contributed by atoms with E-state index >= 15 is 0 Å². The SMILES string of the molecule is CC(CC(=O)On1c(O)ccc1O)N1C(=O)C=CC1=O. The molecule has 20 heavy (non-hydrogen) atoms. The lowest BCUT2D eigenvalue weighted by Gasteiger charge is -2.21. The summed E-state index contributed by atoms with van der Waals surface area (Å²) in [6, 6.07) is 1.59. The largest absolute Gasteiger partial charge is 0.492 e. The number of carbonyl (C=O) groups is 3. The third-order valence-corrected chi connectivity index (χ3v) is 2.74. The molecule has 1 unspecified atom stereocenters. The predicted molar refractivity (Wildman–Crippen MR) is 64.4 cm³/mol. The topological polar surface area (TPSA) is 109 Å². The molecule has 0 bridgehead atoms. The van der Waals surface area contributed by atoms with Crippen LogP contribution in [0.4, 0.5) is 0 Å². The molecule has 0 spiro atoms. The highest BCUT2D eigenvalue weighted by Gasteiger charge is 2.30. The Morgan fingerprint density at radius 2 is 1.70 bits per heavy atom. The summed E-state index contributed by atoms with van der Waals surface area (Å²) in [4.78, 5) is 40.1. The summed E-state index contributed by atoms with van der Waals surface area (Å²) in [7, 11) is 0. The highest BCUT2D eigenvalue weighted by molar-refractivity contribution is 6.13. The van der Waals surface area contributed by atoms with E-state index in [0.29, 0.717) is 4.73 Å². The number of hydrogen-bond acceptors (Lipinski definition) is 6. The first-order chi connectivity index (χ1) is 9.40. The minimum Gasteiger partial charge on any atom is -0.492 e. The molecule has 0 radical (unpaired) electrons. The van der Waals surface area contributed by atoms with Crippen LogP contribution in [0.2, 0.25) is 0 Å². The average molecular weight is 280 g/mol. The van der Waals surface area contributed by atoms with Crippen molar-refractivity contribution in [3.63, 3.8) is 0 Å². The molecule has 1 atom stereocenters. The van der Waals surface area contributed by atoms with Crippen LogP contribution in [0, 0.1) is 0 Å². The number of carbonyl (C=O) groups excluding carboxylic acids is 3. The van der Waals surface area contributed by atoms with Gasteiger partial charge in [-0.2, -0.15) is 0 Å². The van der Waals surface area contributed by atoms with Gasteiger partial charge < -0.3 is 15.1 Å². The molecule has 2 heterocycles. The second kappa shape index (κ2) is 5.08. The summed E-state index contributed by atoms with van der Waals surface area (Å²) in [6.45, 7) is 1.51. The molecule has 0 fully saturated rings. The Morgan fingerprint density at radius 1 is 1.20 bits per heavy atom. The summed E-state index contributed by atoms with van der Waals surface area (Å²) in [5.74, 6) is -2.70. The first-order valence-electron chi connectivity index (χ1n) is 5.76. The van der Waals surface area contributed by atoms with Crippen LogP contribution in [-0.4, -0.2) is 43.7 Å². The number of nitrogens with zero attached hydrogens (tertiary/aromatic N) is 2. The quantitative estimate of drug-likeness (QED) is 0.723. The Hall–Kier alpha value is -2.77. The molecule has 0 aromatic carbocycles. The molecule has 2 amide bonds. The van der Waals surface area contributed by atoms with Gasteiger partial charge in [0.25, 0.3) is 11.8 Å². The lowest BCUT2D eigenvalue weighted by Crippen LogP contribution is -2.40. The molecule has 1 aromatic rings. The third kappa shape index (κ3) is 2.48. The molecule has 8 heteroatoms. The molecule has 0 saturated heterocycles. The Morgan fingerprint density at radius 3 is 2.20 bits per heavy atom. The number of amides is 2. The zero-order valence-electron chi connectivity index (χ0n) is 10.5. The van der Waals surface area contributed by atoms with Crippen molar-refractivity contribution < 1.29 is 29.4 Å². The molecule has 2 rings (SSSR count). The second-order valence-electron chi connectivity index (χ2n) is 4.24. The van der Waals surface area contributed by atoms with Gasteiger partial charge in [-0.25, -0.2) is 4.79 Å². The number of hydrogen-bond donors (Lipinski definition) is 2. The van der Waals surface area contributed by atoms with Gasteiger partial charge in [0, 0.05) is 30.3 Å². The van der Waals surface area contributed by atoms with Crippen LogP contribution >= 0.6 is 0 Å². The van der Waals surface area contributed by atoms with E-state index in [9.17, 15) is 24.6 Å². The van der Waals surface area contributed by atoms with Crippen LogP contribution in [0.3, 0.4) is 0 Å². The first-order valence-corrected chi connectivity index (χ1v) is 5.76. The molecule has 106 valence electrons. The monoisotopic (exact) mass is 280 g/mol. The van der Waals surface area contributed by atoms with Crippen LogP contribution < -0.4 is 4.84 Å². The Bertz CT molecular complexity index is 566. The Kier molecular flexibility index (Phi) is 3.47. The third-order valence-electron chi connectivity index (χ3n) is 2.74. The van der Waals surface area contributed by atoms with Gasteiger partial charge in [0.05, 0.1) is 6.42 Å². The highest BCUT2D eigenvalue weighted by atomic mass is 16.7. The normalized spacial score (nSPS) is 15.8. The molecule has 0 saturated carbocycles. The number of rotatable bonds is 4. The minimum atomic E-state index is -0.813. The van der Waals surface area contributed by atoms with Crippen molar-refractivity contribution in [3.05, 3.63) is 24.3 Å². The van der Waals surface area contributed by atoms with Crippen molar-refractivity contribution in [2.24, 2.45) is 0 Å². The molecule has 0 aliphatic carbocycles. The van der Waals surface area contributed by atoms with E-state index in [1.807, 2.05) is 0 Å². The molecule has 1 aliphatic heterocycles. The van der Waals surface area contributed by atoms with Gasteiger partial charge in [-0.15, -0.1) is 4.73 Å². The van der Waals surface area contributed by atoms with Crippen molar-refractivity contribution in [1.29, 1.82) is 0 Å².